The zero-order chi connectivity index (χ0) is 14.4. The topological polar surface area (TPSA) is 89.9 Å². The van der Waals surface area contributed by atoms with Crippen molar-refractivity contribution in [3.8, 4) is 0 Å². The lowest BCUT2D eigenvalue weighted by molar-refractivity contribution is -0.141. The van der Waals surface area contributed by atoms with Crippen LogP contribution in [-0.4, -0.2) is 40.9 Å². The van der Waals surface area contributed by atoms with Gasteiger partial charge in [-0.2, -0.15) is 0 Å². The molecule has 3 N–H and O–H groups in total. The molecule has 0 radical (unpaired) electrons. The second-order valence-corrected chi connectivity index (χ2v) is 4.09. The summed E-state index contributed by atoms with van der Waals surface area (Å²) in [6.07, 6.45) is -1.17. The molecule has 6 heteroatoms. The summed E-state index contributed by atoms with van der Waals surface area (Å²) in [5, 5.41) is 20.6. The average molecular weight is 266 g/mol. The Morgan fingerprint density at radius 1 is 1.32 bits per heavy atom. The van der Waals surface area contributed by atoms with Crippen LogP contribution in [0.25, 0.3) is 0 Å². The Kier molecular flexibility index (Phi) is 5.32. The summed E-state index contributed by atoms with van der Waals surface area (Å²) in [6, 6.07) is 7.02. The summed E-state index contributed by atoms with van der Waals surface area (Å²) >= 11 is 0. The number of hydrogen-bond acceptors (Lipinski definition) is 3. The number of anilines is 1. The fraction of sp³-hybridized carbons (Fsp3) is 0.385. The second-order valence-electron chi connectivity index (χ2n) is 4.09. The monoisotopic (exact) mass is 266 g/mol. The molecule has 0 saturated heterocycles. The Morgan fingerprint density at radius 3 is 2.32 bits per heavy atom. The summed E-state index contributed by atoms with van der Waals surface area (Å²) < 4.78 is 0. The molecular weight excluding hydrogens is 248 g/mol. The molecule has 2 amide bonds. The number of carboxylic acid groups (broad SMARTS) is 1. The third-order valence-electron chi connectivity index (χ3n) is 2.66. The first-order valence-corrected chi connectivity index (χ1v) is 6.01. The molecule has 0 spiro atoms. The van der Waals surface area contributed by atoms with Crippen molar-refractivity contribution in [2.75, 3.05) is 11.4 Å². The van der Waals surface area contributed by atoms with Gasteiger partial charge in [-0.15, -0.1) is 0 Å². The van der Waals surface area contributed by atoms with E-state index in [1.54, 1.807) is 31.2 Å². The summed E-state index contributed by atoms with van der Waals surface area (Å²) in [7, 11) is 0. The van der Waals surface area contributed by atoms with Crippen LogP contribution in [0, 0.1) is 0 Å². The number of para-hydroxylation sites is 1. The highest BCUT2D eigenvalue weighted by Gasteiger charge is 2.27. The summed E-state index contributed by atoms with van der Waals surface area (Å²) in [5.74, 6) is -1.27. The van der Waals surface area contributed by atoms with Gasteiger partial charge in [0, 0.05) is 12.2 Å². The van der Waals surface area contributed by atoms with Crippen molar-refractivity contribution >= 4 is 17.7 Å². The quantitative estimate of drug-likeness (QED) is 0.743. The molecule has 1 aromatic rings. The molecule has 0 aliphatic carbocycles. The smallest absolute Gasteiger partial charge is 0.328 e. The highest BCUT2D eigenvalue weighted by atomic mass is 16.4. The fourth-order valence-corrected chi connectivity index (χ4v) is 1.65. The first-order valence-electron chi connectivity index (χ1n) is 6.01. The van der Waals surface area contributed by atoms with Crippen LogP contribution in [0.1, 0.15) is 13.8 Å². The first-order chi connectivity index (χ1) is 8.97. The number of carboxylic acids is 1. The number of nitrogens with one attached hydrogen (secondary N) is 1. The molecule has 0 aliphatic heterocycles. The Balaban J connectivity index is 2.83. The number of aliphatic carboxylic acids is 1. The van der Waals surface area contributed by atoms with Gasteiger partial charge < -0.3 is 15.5 Å². The van der Waals surface area contributed by atoms with Crippen LogP contribution in [-0.2, 0) is 4.79 Å². The van der Waals surface area contributed by atoms with Crippen LogP contribution < -0.4 is 10.2 Å². The van der Waals surface area contributed by atoms with Crippen LogP contribution >= 0.6 is 0 Å². The lowest BCUT2D eigenvalue weighted by Crippen LogP contribution is -2.52. The van der Waals surface area contributed by atoms with Gasteiger partial charge >= 0.3 is 12.0 Å². The van der Waals surface area contributed by atoms with E-state index in [1.165, 1.54) is 11.8 Å². The molecular formula is C13H18N2O4. The Hall–Kier alpha value is -2.08. The summed E-state index contributed by atoms with van der Waals surface area (Å²) in [6.45, 7) is 3.49. The largest absolute Gasteiger partial charge is 0.480 e. The van der Waals surface area contributed by atoms with Crippen molar-refractivity contribution in [2.24, 2.45) is 0 Å². The molecule has 0 bridgehead atoms. The molecule has 19 heavy (non-hydrogen) atoms. The first kappa shape index (κ1) is 15.0. The number of carbonyl (C=O) groups excluding carboxylic acids is 1. The normalized spacial score (nSPS) is 13.4. The minimum Gasteiger partial charge on any atom is -0.480 e. The van der Waals surface area contributed by atoms with Gasteiger partial charge in [0.2, 0.25) is 0 Å². The number of amides is 2. The molecule has 0 aromatic heterocycles. The van der Waals surface area contributed by atoms with Crippen LogP contribution in [0.5, 0.6) is 0 Å². The van der Waals surface area contributed by atoms with Crippen LogP contribution in [0.15, 0.2) is 30.3 Å². The van der Waals surface area contributed by atoms with E-state index in [0.29, 0.717) is 12.2 Å². The molecule has 1 rings (SSSR count). The summed E-state index contributed by atoms with van der Waals surface area (Å²) in [4.78, 5) is 24.4. The zero-order valence-electron chi connectivity index (χ0n) is 10.9. The molecule has 0 saturated carbocycles. The van der Waals surface area contributed by atoms with E-state index in [2.05, 4.69) is 5.32 Å². The lowest BCUT2D eigenvalue weighted by Gasteiger charge is -2.25. The SMILES string of the molecule is CCN(C(=O)NC(C(=O)O)C(C)O)c1ccccc1. The van der Waals surface area contributed by atoms with E-state index in [1.807, 2.05) is 6.07 Å². The predicted octanol–water partition coefficient (Wildman–Crippen LogP) is 1.06. The van der Waals surface area contributed by atoms with E-state index in [9.17, 15) is 14.7 Å². The minimum atomic E-state index is -1.33. The molecule has 2 unspecified atom stereocenters. The number of urea groups is 1. The van der Waals surface area contributed by atoms with Gasteiger partial charge in [0.25, 0.3) is 0 Å². The molecule has 0 heterocycles. The van der Waals surface area contributed by atoms with E-state index in [4.69, 9.17) is 5.11 Å². The average Bonchev–Trinajstić information content (AvgIpc) is 2.37. The predicted molar refractivity (Wildman–Crippen MR) is 71.1 cm³/mol. The lowest BCUT2D eigenvalue weighted by atomic mass is 10.2. The van der Waals surface area contributed by atoms with Gasteiger partial charge in [-0.1, -0.05) is 18.2 Å². The molecule has 0 fully saturated rings. The van der Waals surface area contributed by atoms with Gasteiger partial charge in [-0.05, 0) is 26.0 Å². The van der Waals surface area contributed by atoms with Crippen molar-refractivity contribution in [3.63, 3.8) is 0 Å². The van der Waals surface area contributed by atoms with Crippen molar-refractivity contribution in [1.82, 2.24) is 5.32 Å². The van der Waals surface area contributed by atoms with Crippen molar-refractivity contribution in [1.29, 1.82) is 0 Å². The highest BCUT2D eigenvalue weighted by Crippen LogP contribution is 2.13. The van der Waals surface area contributed by atoms with Crippen LogP contribution in [0.2, 0.25) is 0 Å². The van der Waals surface area contributed by atoms with Crippen molar-refractivity contribution in [3.05, 3.63) is 30.3 Å². The van der Waals surface area contributed by atoms with E-state index < -0.39 is 24.1 Å². The second kappa shape index (κ2) is 6.75. The van der Waals surface area contributed by atoms with E-state index in [0.717, 1.165) is 0 Å². The molecule has 2 atom stereocenters. The Bertz CT molecular complexity index is 434. The summed E-state index contributed by atoms with van der Waals surface area (Å²) in [5.41, 5.74) is 0.664. The third kappa shape index (κ3) is 3.96. The van der Waals surface area contributed by atoms with Gasteiger partial charge in [0.15, 0.2) is 6.04 Å². The number of aliphatic hydroxyl groups is 1. The maximum Gasteiger partial charge on any atom is 0.328 e. The number of carbonyl (C=O) groups is 2. The van der Waals surface area contributed by atoms with Crippen molar-refractivity contribution in [2.45, 2.75) is 26.0 Å². The number of benzene rings is 1. The van der Waals surface area contributed by atoms with E-state index >= 15 is 0 Å². The molecule has 0 aliphatic rings. The van der Waals surface area contributed by atoms with Gasteiger partial charge in [-0.25, -0.2) is 9.59 Å². The number of rotatable bonds is 5. The van der Waals surface area contributed by atoms with E-state index in [-0.39, 0.29) is 0 Å². The minimum absolute atomic E-state index is 0.391. The number of hydrogen-bond donors (Lipinski definition) is 3. The highest BCUT2D eigenvalue weighted by molar-refractivity contribution is 5.94. The molecule has 6 nitrogen and oxygen atoms in total. The Morgan fingerprint density at radius 2 is 1.89 bits per heavy atom. The van der Waals surface area contributed by atoms with Gasteiger partial charge in [-0.3, -0.25) is 4.90 Å². The molecule has 104 valence electrons. The van der Waals surface area contributed by atoms with Crippen LogP contribution in [0.4, 0.5) is 10.5 Å². The maximum atomic E-state index is 12.0. The van der Waals surface area contributed by atoms with Crippen molar-refractivity contribution < 1.29 is 19.8 Å². The number of aliphatic hydroxyl groups excluding tert-OH is 1. The van der Waals surface area contributed by atoms with Crippen LogP contribution in [0.3, 0.4) is 0 Å². The Labute approximate surface area is 111 Å². The zero-order valence-corrected chi connectivity index (χ0v) is 10.9. The molecule has 1 aromatic carbocycles. The maximum absolute atomic E-state index is 12.0. The number of nitrogens with zero attached hydrogens (tertiary/aromatic N) is 1. The van der Waals surface area contributed by atoms with Gasteiger partial charge in [0.1, 0.15) is 0 Å². The standard InChI is InChI=1S/C13H18N2O4/c1-3-15(10-7-5-4-6-8-10)13(19)14-11(9(2)16)12(17)18/h4-9,11,16H,3H2,1-2H3,(H,14,19)(H,17,18). The third-order valence-corrected chi connectivity index (χ3v) is 2.66. The van der Waals surface area contributed by atoms with Gasteiger partial charge in [0.05, 0.1) is 6.10 Å². The fourth-order valence-electron chi connectivity index (χ4n) is 1.65.